The number of hydrogen-bond acceptors (Lipinski definition) is 5. The Labute approximate surface area is 234 Å². The van der Waals surface area contributed by atoms with Crippen LogP contribution in [0.3, 0.4) is 0 Å². The molecule has 3 N–H and O–H groups in total. The second-order valence-electron chi connectivity index (χ2n) is 11.3. The number of carbonyl (C=O) groups excluding carboxylic acids is 3. The van der Waals surface area contributed by atoms with Crippen molar-refractivity contribution in [1.29, 1.82) is 0 Å². The first-order chi connectivity index (χ1) is 19.1. The second kappa shape index (κ2) is 12.4. The summed E-state index contributed by atoms with van der Waals surface area (Å²) in [4.78, 5) is 55.8. The maximum atomic E-state index is 13.1. The Bertz CT molecular complexity index is 1430. The van der Waals surface area contributed by atoms with E-state index >= 15 is 0 Å². The fourth-order valence-corrected chi connectivity index (χ4v) is 5.07. The van der Waals surface area contributed by atoms with Crippen molar-refractivity contribution in [2.24, 2.45) is 5.92 Å². The van der Waals surface area contributed by atoms with Crippen molar-refractivity contribution < 1.29 is 19.1 Å². The molecule has 0 saturated carbocycles. The highest BCUT2D eigenvalue weighted by Crippen LogP contribution is 2.23. The second-order valence-corrected chi connectivity index (χ2v) is 11.3. The lowest BCUT2D eigenvalue weighted by atomic mass is 9.92. The number of ether oxygens (including phenoxy) is 1. The number of amides is 3. The molecule has 0 atom stereocenters. The number of fused-ring (bicyclic) bond motifs is 1. The molecule has 0 bridgehead atoms. The summed E-state index contributed by atoms with van der Waals surface area (Å²) in [5, 5.41) is 6.40. The van der Waals surface area contributed by atoms with Crippen LogP contribution >= 0.6 is 0 Å². The largest absolute Gasteiger partial charge is 0.444 e. The van der Waals surface area contributed by atoms with Crippen LogP contribution in [-0.4, -0.2) is 64.6 Å². The van der Waals surface area contributed by atoms with Gasteiger partial charge in [0.2, 0.25) is 0 Å². The molecule has 0 unspecified atom stereocenters. The number of pyridine rings is 1. The quantitative estimate of drug-likeness (QED) is 0.368. The summed E-state index contributed by atoms with van der Waals surface area (Å²) in [6, 6.07) is 9.07. The molecule has 3 heterocycles. The van der Waals surface area contributed by atoms with Crippen LogP contribution in [0.25, 0.3) is 10.9 Å². The molecule has 1 saturated heterocycles. The van der Waals surface area contributed by atoms with Crippen molar-refractivity contribution in [3.05, 3.63) is 69.8 Å². The van der Waals surface area contributed by atoms with Crippen LogP contribution in [0.1, 0.15) is 72.7 Å². The van der Waals surface area contributed by atoms with Gasteiger partial charge in [-0.2, -0.15) is 0 Å². The first-order valence-corrected chi connectivity index (χ1v) is 13.8. The monoisotopic (exact) mass is 549 g/mol. The van der Waals surface area contributed by atoms with E-state index in [1.165, 1.54) is 23.9 Å². The average Bonchev–Trinajstić information content (AvgIpc) is 3.41. The Kier molecular flexibility index (Phi) is 8.96. The van der Waals surface area contributed by atoms with E-state index in [1.807, 2.05) is 51.2 Å². The summed E-state index contributed by atoms with van der Waals surface area (Å²) in [5.74, 6) is -0.391. The minimum absolute atomic E-state index is 0.0758. The van der Waals surface area contributed by atoms with Gasteiger partial charge in [0.05, 0.1) is 12.1 Å². The van der Waals surface area contributed by atoms with Gasteiger partial charge in [-0.15, -0.1) is 0 Å². The number of aromatic nitrogens is 2. The number of carbonyl (C=O) groups is 3. The molecule has 1 fully saturated rings. The number of piperidine rings is 1. The third-order valence-corrected chi connectivity index (χ3v) is 7.19. The average molecular weight is 550 g/mol. The number of H-pyrrole nitrogens is 1. The van der Waals surface area contributed by atoms with E-state index in [0.29, 0.717) is 25.6 Å². The van der Waals surface area contributed by atoms with Crippen LogP contribution in [0, 0.1) is 5.92 Å². The molecule has 0 spiro atoms. The van der Waals surface area contributed by atoms with Gasteiger partial charge in [-0.1, -0.05) is 12.1 Å². The Morgan fingerprint density at radius 3 is 2.55 bits per heavy atom. The minimum Gasteiger partial charge on any atom is -0.444 e. The molecule has 4 rings (SSSR count). The Hall–Kier alpha value is -4.08. The SMILES string of the molecule is CNC(=O)c1cc(C(=O)NCCCC2CCN(C(=O)OC(C)(C)C)CC2)cn(Cc2cccc3[nH]ccc23)c1=O. The molecule has 3 amide bonds. The Morgan fingerprint density at radius 2 is 1.85 bits per heavy atom. The van der Waals surface area contributed by atoms with Gasteiger partial charge in [0.25, 0.3) is 17.4 Å². The van der Waals surface area contributed by atoms with E-state index in [0.717, 1.165) is 42.1 Å². The lowest BCUT2D eigenvalue weighted by Crippen LogP contribution is -2.41. The first kappa shape index (κ1) is 28.9. The van der Waals surface area contributed by atoms with E-state index in [4.69, 9.17) is 4.74 Å². The molecular weight excluding hydrogens is 510 g/mol. The minimum atomic E-state index is -0.536. The third-order valence-electron chi connectivity index (χ3n) is 7.19. The topological polar surface area (TPSA) is 126 Å². The van der Waals surface area contributed by atoms with Crippen molar-refractivity contribution in [1.82, 2.24) is 25.1 Å². The number of hydrogen-bond donors (Lipinski definition) is 3. The van der Waals surface area contributed by atoms with Crippen molar-refractivity contribution in [2.45, 2.75) is 58.6 Å². The molecule has 2 aromatic heterocycles. The summed E-state index contributed by atoms with van der Waals surface area (Å²) in [7, 11) is 1.46. The molecule has 10 nitrogen and oxygen atoms in total. The first-order valence-electron chi connectivity index (χ1n) is 13.8. The van der Waals surface area contributed by atoms with Gasteiger partial charge in [0, 0.05) is 50.0 Å². The molecule has 1 aromatic carbocycles. The van der Waals surface area contributed by atoms with Crippen LogP contribution in [0.2, 0.25) is 0 Å². The van der Waals surface area contributed by atoms with Crippen LogP contribution in [0.15, 0.2) is 47.5 Å². The Morgan fingerprint density at radius 1 is 1.10 bits per heavy atom. The van der Waals surface area contributed by atoms with Crippen LogP contribution in [-0.2, 0) is 11.3 Å². The molecule has 1 aliphatic heterocycles. The highest BCUT2D eigenvalue weighted by molar-refractivity contribution is 5.99. The predicted molar refractivity (Wildman–Crippen MR) is 154 cm³/mol. The molecule has 0 aliphatic carbocycles. The number of benzene rings is 1. The van der Waals surface area contributed by atoms with E-state index in [2.05, 4.69) is 15.6 Å². The van der Waals surface area contributed by atoms with Gasteiger partial charge in [-0.05, 0) is 76.1 Å². The van der Waals surface area contributed by atoms with Gasteiger partial charge in [-0.3, -0.25) is 14.4 Å². The standard InChI is InChI=1S/C30H39N5O5/c1-30(2,3)40-29(39)34-15-11-20(12-16-34)7-6-13-33-26(36)22-17-24(27(37)31-4)28(38)35(19-22)18-21-8-5-9-25-23(21)10-14-32-25/h5,8-10,14,17,19-20,32H,6-7,11-13,15-16,18H2,1-4H3,(H,31,37)(H,33,36). The van der Waals surface area contributed by atoms with Crippen molar-refractivity contribution >= 4 is 28.8 Å². The van der Waals surface area contributed by atoms with Gasteiger partial charge < -0.3 is 29.8 Å². The van der Waals surface area contributed by atoms with Crippen molar-refractivity contribution in [3.8, 4) is 0 Å². The van der Waals surface area contributed by atoms with Crippen LogP contribution in [0.4, 0.5) is 4.79 Å². The highest BCUT2D eigenvalue weighted by Gasteiger charge is 2.26. The lowest BCUT2D eigenvalue weighted by Gasteiger charge is -2.33. The van der Waals surface area contributed by atoms with Crippen molar-refractivity contribution in [3.63, 3.8) is 0 Å². The predicted octanol–water partition coefficient (Wildman–Crippen LogP) is 3.89. The zero-order valence-electron chi connectivity index (χ0n) is 23.7. The van der Waals surface area contributed by atoms with E-state index < -0.39 is 17.1 Å². The summed E-state index contributed by atoms with van der Waals surface area (Å²) in [6.07, 6.45) is 6.62. The van der Waals surface area contributed by atoms with Gasteiger partial charge in [0.1, 0.15) is 11.2 Å². The summed E-state index contributed by atoms with van der Waals surface area (Å²) in [6.45, 7) is 7.64. The van der Waals surface area contributed by atoms with Crippen molar-refractivity contribution in [2.75, 3.05) is 26.7 Å². The summed E-state index contributed by atoms with van der Waals surface area (Å²) < 4.78 is 6.88. The van der Waals surface area contributed by atoms with Crippen LogP contribution in [0.5, 0.6) is 0 Å². The summed E-state index contributed by atoms with van der Waals surface area (Å²) >= 11 is 0. The van der Waals surface area contributed by atoms with Gasteiger partial charge in [-0.25, -0.2) is 4.79 Å². The zero-order chi connectivity index (χ0) is 28.9. The number of aromatic amines is 1. The number of rotatable bonds is 8. The van der Waals surface area contributed by atoms with E-state index in [-0.39, 0.29) is 29.7 Å². The summed E-state index contributed by atoms with van der Waals surface area (Å²) in [5.41, 5.74) is 1.07. The smallest absolute Gasteiger partial charge is 0.410 e. The molecule has 40 heavy (non-hydrogen) atoms. The number of likely N-dealkylation sites (tertiary alicyclic amines) is 1. The molecule has 0 radical (unpaired) electrons. The maximum absolute atomic E-state index is 13.1. The third kappa shape index (κ3) is 7.11. The fraction of sp³-hybridized carbons (Fsp3) is 0.467. The molecule has 1 aliphatic rings. The number of nitrogens with zero attached hydrogens (tertiary/aromatic N) is 2. The molecule has 3 aromatic rings. The van der Waals surface area contributed by atoms with E-state index in [1.54, 1.807) is 4.90 Å². The normalized spacial score (nSPS) is 14.2. The van der Waals surface area contributed by atoms with Gasteiger partial charge >= 0.3 is 6.09 Å². The highest BCUT2D eigenvalue weighted by atomic mass is 16.6. The number of nitrogens with one attached hydrogen (secondary N) is 3. The Balaban J connectivity index is 1.35. The molecular formula is C30H39N5O5. The van der Waals surface area contributed by atoms with Crippen LogP contribution < -0.4 is 16.2 Å². The van der Waals surface area contributed by atoms with Gasteiger partial charge in [0.15, 0.2) is 0 Å². The fourth-order valence-electron chi connectivity index (χ4n) is 5.07. The zero-order valence-corrected chi connectivity index (χ0v) is 23.7. The molecule has 214 valence electrons. The van der Waals surface area contributed by atoms with E-state index in [9.17, 15) is 19.2 Å². The lowest BCUT2D eigenvalue weighted by molar-refractivity contribution is 0.0180. The molecule has 10 heteroatoms. The maximum Gasteiger partial charge on any atom is 0.410 e.